The van der Waals surface area contributed by atoms with Gasteiger partial charge >= 0.3 is 0 Å². The van der Waals surface area contributed by atoms with Crippen molar-refractivity contribution >= 4 is 50.4 Å². The minimum atomic E-state index is -0.313. The second-order valence-corrected chi connectivity index (χ2v) is 9.04. The maximum Gasteiger partial charge on any atom is 0.241 e. The van der Waals surface area contributed by atoms with Crippen molar-refractivity contribution in [2.45, 2.75) is 13.0 Å². The number of carbonyl (C=O) groups is 1. The highest BCUT2D eigenvalue weighted by Crippen LogP contribution is 2.36. The molecule has 1 amide bonds. The summed E-state index contributed by atoms with van der Waals surface area (Å²) < 4.78 is 13.4. The fourth-order valence-electron chi connectivity index (χ4n) is 4.94. The molecular weight excluding hydrogens is 458 g/mol. The van der Waals surface area contributed by atoms with E-state index in [9.17, 15) is 4.79 Å². The van der Waals surface area contributed by atoms with Crippen LogP contribution in [0, 0.1) is 0 Å². The van der Waals surface area contributed by atoms with Gasteiger partial charge in [-0.05, 0) is 19.1 Å². The first-order valence-electron chi connectivity index (χ1n) is 12.0. The van der Waals surface area contributed by atoms with E-state index >= 15 is 0 Å². The van der Waals surface area contributed by atoms with Crippen LogP contribution in [0.5, 0.6) is 5.75 Å². The zero-order chi connectivity index (χ0) is 24.8. The van der Waals surface area contributed by atoms with Gasteiger partial charge in [-0.3, -0.25) is 14.4 Å². The van der Waals surface area contributed by atoms with E-state index in [2.05, 4.69) is 30.2 Å². The Balaban J connectivity index is 1.17. The third-order valence-electron chi connectivity index (χ3n) is 7.01. The van der Waals surface area contributed by atoms with E-state index in [-0.39, 0.29) is 11.9 Å². The molecule has 0 saturated carbocycles. The number of amides is 1. The van der Waals surface area contributed by atoms with Crippen molar-refractivity contribution in [3.8, 4) is 5.75 Å². The van der Waals surface area contributed by atoms with Crippen LogP contribution in [0.25, 0.3) is 33.0 Å². The molecule has 10 nitrogen and oxygen atoms in total. The molecule has 0 spiro atoms. The zero-order valence-corrected chi connectivity index (χ0v) is 20.4. The van der Waals surface area contributed by atoms with E-state index in [0.717, 1.165) is 59.4 Å². The lowest BCUT2D eigenvalue weighted by atomic mass is 10.1. The van der Waals surface area contributed by atoms with Crippen LogP contribution < -0.4 is 15.0 Å². The number of anilines is 2. The number of furan rings is 1. The van der Waals surface area contributed by atoms with E-state index in [0.29, 0.717) is 17.0 Å². The lowest BCUT2D eigenvalue weighted by Crippen LogP contribution is -2.53. The van der Waals surface area contributed by atoms with Crippen molar-refractivity contribution < 1.29 is 13.9 Å². The van der Waals surface area contributed by atoms with Gasteiger partial charge in [-0.15, -0.1) is 0 Å². The number of para-hydroxylation sites is 1. The van der Waals surface area contributed by atoms with Gasteiger partial charge in [0, 0.05) is 50.1 Å². The van der Waals surface area contributed by atoms with E-state index in [1.54, 1.807) is 24.3 Å². The first kappa shape index (κ1) is 22.3. The summed E-state index contributed by atoms with van der Waals surface area (Å²) in [6, 6.07) is 11.3. The average molecular weight is 486 g/mol. The molecule has 184 valence electrons. The first-order valence-corrected chi connectivity index (χ1v) is 12.0. The molecule has 1 aliphatic rings. The standard InChI is InChI=1S/C26H27N7O3/c1-16(32-8-10-33(11-9-32)25-19-14-29-31(2)24(19)27-15-28-25)26(34)30-20-13-22-18(12-23(20)35-3)17-6-4-5-7-21(17)36-22/h4-7,12-16H,8-11H2,1-3H3,(H,30,34). The van der Waals surface area contributed by atoms with Gasteiger partial charge in [-0.2, -0.15) is 5.10 Å². The summed E-state index contributed by atoms with van der Waals surface area (Å²) in [5, 5.41) is 10.3. The lowest BCUT2D eigenvalue weighted by Gasteiger charge is -2.38. The van der Waals surface area contributed by atoms with Gasteiger partial charge in [-0.1, -0.05) is 18.2 Å². The number of benzene rings is 2. The smallest absolute Gasteiger partial charge is 0.241 e. The number of hydrogen-bond acceptors (Lipinski definition) is 8. The summed E-state index contributed by atoms with van der Waals surface area (Å²) in [4.78, 5) is 26.5. The second kappa shape index (κ2) is 8.80. The molecule has 0 bridgehead atoms. The molecule has 3 aromatic heterocycles. The van der Waals surface area contributed by atoms with Gasteiger partial charge in [0.15, 0.2) is 5.65 Å². The van der Waals surface area contributed by atoms with Crippen LogP contribution in [0.15, 0.2) is 53.3 Å². The third kappa shape index (κ3) is 3.70. The van der Waals surface area contributed by atoms with E-state index in [1.807, 2.05) is 50.4 Å². The number of fused-ring (bicyclic) bond motifs is 4. The Labute approximate surface area is 207 Å². The highest BCUT2D eigenvalue weighted by atomic mass is 16.5. The molecule has 10 heteroatoms. The summed E-state index contributed by atoms with van der Waals surface area (Å²) in [5.41, 5.74) is 2.92. The summed E-state index contributed by atoms with van der Waals surface area (Å²) in [7, 11) is 3.48. The van der Waals surface area contributed by atoms with Crippen LogP contribution >= 0.6 is 0 Å². The molecule has 1 N–H and O–H groups in total. The van der Waals surface area contributed by atoms with E-state index in [4.69, 9.17) is 9.15 Å². The highest BCUT2D eigenvalue weighted by Gasteiger charge is 2.28. The van der Waals surface area contributed by atoms with Gasteiger partial charge in [0.1, 0.15) is 29.1 Å². The van der Waals surface area contributed by atoms with E-state index < -0.39 is 0 Å². The molecule has 2 aromatic carbocycles. The monoisotopic (exact) mass is 485 g/mol. The number of hydrogen-bond donors (Lipinski definition) is 1. The molecule has 1 unspecified atom stereocenters. The quantitative estimate of drug-likeness (QED) is 0.404. The SMILES string of the molecule is COc1cc2c(cc1NC(=O)C(C)N1CCN(c3ncnc4c3cnn4C)CC1)oc1ccccc12. The molecule has 1 saturated heterocycles. The van der Waals surface area contributed by atoms with Crippen molar-refractivity contribution in [1.82, 2.24) is 24.6 Å². The number of aryl methyl sites for hydroxylation is 1. The molecule has 1 aliphatic heterocycles. The van der Waals surface area contributed by atoms with Gasteiger partial charge in [0.2, 0.25) is 5.91 Å². The zero-order valence-electron chi connectivity index (χ0n) is 20.4. The van der Waals surface area contributed by atoms with Gasteiger partial charge in [0.05, 0.1) is 30.4 Å². The second-order valence-electron chi connectivity index (χ2n) is 9.04. The Bertz CT molecular complexity index is 1580. The van der Waals surface area contributed by atoms with Crippen LogP contribution in [0.2, 0.25) is 0 Å². The largest absolute Gasteiger partial charge is 0.495 e. The van der Waals surface area contributed by atoms with Crippen LogP contribution in [0.4, 0.5) is 11.5 Å². The number of nitrogens with one attached hydrogen (secondary N) is 1. The molecule has 1 atom stereocenters. The first-order chi connectivity index (χ1) is 17.5. The number of ether oxygens (including phenoxy) is 1. The van der Waals surface area contributed by atoms with Crippen molar-refractivity contribution in [2.24, 2.45) is 7.05 Å². The number of rotatable bonds is 5. The maximum absolute atomic E-state index is 13.2. The summed E-state index contributed by atoms with van der Waals surface area (Å²) >= 11 is 0. The Morgan fingerprint density at radius 2 is 1.86 bits per heavy atom. The minimum absolute atomic E-state index is 0.0890. The maximum atomic E-state index is 13.2. The molecule has 4 heterocycles. The Morgan fingerprint density at radius 3 is 2.67 bits per heavy atom. The van der Waals surface area contributed by atoms with E-state index in [1.165, 1.54) is 0 Å². The Hall–Kier alpha value is -4.18. The number of carbonyl (C=O) groups excluding carboxylic acids is 1. The molecule has 0 aliphatic carbocycles. The predicted octanol–water partition coefficient (Wildman–Crippen LogP) is 3.42. The number of piperazine rings is 1. The molecule has 0 radical (unpaired) electrons. The Morgan fingerprint density at radius 1 is 1.06 bits per heavy atom. The summed E-state index contributed by atoms with van der Waals surface area (Å²) in [6.07, 6.45) is 3.38. The van der Waals surface area contributed by atoms with Crippen LogP contribution in [-0.2, 0) is 11.8 Å². The predicted molar refractivity (Wildman–Crippen MR) is 138 cm³/mol. The van der Waals surface area contributed by atoms with Gasteiger partial charge < -0.3 is 19.4 Å². The summed E-state index contributed by atoms with van der Waals surface area (Å²) in [6.45, 7) is 4.92. The number of methoxy groups -OCH3 is 1. The normalized spacial score (nSPS) is 15.6. The molecule has 36 heavy (non-hydrogen) atoms. The van der Waals surface area contributed by atoms with Crippen LogP contribution in [0.1, 0.15) is 6.92 Å². The highest BCUT2D eigenvalue weighted by molar-refractivity contribution is 6.08. The number of nitrogens with zero attached hydrogens (tertiary/aromatic N) is 6. The minimum Gasteiger partial charge on any atom is -0.495 e. The fraction of sp³-hybridized carbons (Fsp3) is 0.308. The summed E-state index contributed by atoms with van der Waals surface area (Å²) in [5.74, 6) is 1.39. The molecule has 5 aromatic rings. The van der Waals surface area contributed by atoms with Crippen LogP contribution in [0.3, 0.4) is 0 Å². The van der Waals surface area contributed by atoms with Crippen molar-refractivity contribution in [2.75, 3.05) is 43.5 Å². The number of aromatic nitrogens is 4. The lowest BCUT2D eigenvalue weighted by molar-refractivity contribution is -0.120. The van der Waals surface area contributed by atoms with Gasteiger partial charge in [0.25, 0.3) is 0 Å². The average Bonchev–Trinajstić information content (AvgIpc) is 3.47. The molecular formula is C26H27N7O3. The van der Waals surface area contributed by atoms with Crippen molar-refractivity contribution in [3.63, 3.8) is 0 Å². The third-order valence-corrected chi connectivity index (χ3v) is 7.01. The van der Waals surface area contributed by atoms with Crippen LogP contribution in [-0.4, -0.2) is 69.9 Å². The van der Waals surface area contributed by atoms with Crippen molar-refractivity contribution in [3.05, 3.63) is 48.9 Å². The Kier molecular flexibility index (Phi) is 5.45. The van der Waals surface area contributed by atoms with Crippen molar-refractivity contribution in [1.29, 1.82) is 0 Å². The van der Waals surface area contributed by atoms with Gasteiger partial charge in [-0.25, -0.2) is 9.97 Å². The topological polar surface area (TPSA) is 102 Å². The molecule has 1 fully saturated rings. The fourth-order valence-corrected chi connectivity index (χ4v) is 4.94. The molecule has 6 rings (SSSR count).